The molecular formula is C15H20N2O2. The van der Waals surface area contributed by atoms with E-state index in [2.05, 4.69) is 4.98 Å². The van der Waals surface area contributed by atoms with E-state index in [1.165, 1.54) is 0 Å². The molecule has 0 saturated heterocycles. The third-order valence-electron chi connectivity index (χ3n) is 3.18. The Morgan fingerprint density at radius 1 is 1.42 bits per heavy atom. The summed E-state index contributed by atoms with van der Waals surface area (Å²) in [6, 6.07) is 7.16. The molecule has 19 heavy (non-hydrogen) atoms. The molecule has 1 aromatic carbocycles. The number of ketones is 1. The van der Waals surface area contributed by atoms with E-state index in [1.807, 2.05) is 37.4 Å². The van der Waals surface area contributed by atoms with Crippen molar-refractivity contribution in [2.45, 2.75) is 25.8 Å². The van der Waals surface area contributed by atoms with Gasteiger partial charge in [0.05, 0.1) is 6.04 Å². The number of ether oxygens (including phenoxy) is 1. The van der Waals surface area contributed by atoms with Gasteiger partial charge in [-0.3, -0.25) is 4.79 Å². The third-order valence-corrected chi connectivity index (χ3v) is 3.18. The Bertz CT molecular complexity index is 548. The third kappa shape index (κ3) is 3.43. The first-order valence-electron chi connectivity index (χ1n) is 6.67. The summed E-state index contributed by atoms with van der Waals surface area (Å²) in [5.41, 5.74) is 7.57. The van der Waals surface area contributed by atoms with Crippen molar-refractivity contribution in [1.82, 2.24) is 4.98 Å². The zero-order valence-electron chi connectivity index (χ0n) is 11.2. The lowest BCUT2D eigenvalue weighted by Crippen LogP contribution is -2.30. The topological polar surface area (TPSA) is 68.1 Å². The number of carbonyl (C=O) groups excluding carboxylic acids is 1. The number of nitrogens with one attached hydrogen (secondary N) is 1. The second-order valence-electron chi connectivity index (χ2n) is 4.59. The summed E-state index contributed by atoms with van der Waals surface area (Å²) in [6.45, 7) is 3.32. The fourth-order valence-electron chi connectivity index (χ4n) is 2.10. The van der Waals surface area contributed by atoms with Crippen LogP contribution >= 0.6 is 0 Å². The van der Waals surface area contributed by atoms with Crippen LogP contribution in [0.15, 0.2) is 30.5 Å². The van der Waals surface area contributed by atoms with E-state index in [-0.39, 0.29) is 5.78 Å². The molecule has 4 heteroatoms. The predicted octanol–water partition coefficient (Wildman–Crippen LogP) is 2.49. The van der Waals surface area contributed by atoms with Gasteiger partial charge in [0.15, 0.2) is 5.78 Å². The number of aromatic nitrogens is 1. The van der Waals surface area contributed by atoms with Crippen LogP contribution in [-0.2, 0) is 4.74 Å². The lowest BCUT2D eigenvalue weighted by Gasteiger charge is -2.10. The average molecular weight is 260 g/mol. The fraction of sp³-hybridized carbons (Fsp3) is 0.400. The van der Waals surface area contributed by atoms with Crippen molar-refractivity contribution in [2.24, 2.45) is 5.73 Å². The molecule has 0 radical (unpaired) electrons. The van der Waals surface area contributed by atoms with Crippen molar-refractivity contribution in [3.63, 3.8) is 0 Å². The van der Waals surface area contributed by atoms with Gasteiger partial charge in [0.1, 0.15) is 0 Å². The molecule has 0 bridgehead atoms. The van der Waals surface area contributed by atoms with Gasteiger partial charge in [0.2, 0.25) is 0 Å². The highest BCUT2D eigenvalue weighted by Crippen LogP contribution is 2.16. The Hall–Kier alpha value is -1.65. The van der Waals surface area contributed by atoms with Crippen LogP contribution in [0.1, 0.15) is 30.1 Å². The zero-order valence-corrected chi connectivity index (χ0v) is 11.2. The van der Waals surface area contributed by atoms with E-state index in [4.69, 9.17) is 10.5 Å². The van der Waals surface area contributed by atoms with Gasteiger partial charge >= 0.3 is 0 Å². The molecule has 1 aromatic heterocycles. The zero-order chi connectivity index (χ0) is 13.7. The van der Waals surface area contributed by atoms with E-state index in [1.54, 1.807) is 0 Å². The van der Waals surface area contributed by atoms with Crippen LogP contribution in [0.3, 0.4) is 0 Å². The van der Waals surface area contributed by atoms with E-state index < -0.39 is 6.04 Å². The van der Waals surface area contributed by atoms with Crippen LogP contribution < -0.4 is 5.73 Å². The summed E-state index contributed by atoms with van der Waals surface area (Å²) >= 11 is 0. The second kappa shape index (κ2) is 6.50. The second-order valence-corrected chi connectivity index (χ2v) is 4.59. The van der Waals surface area contributed by atoms with Crippen molar-refractivity contribution in [1.29, 1.82) is 0 Å². The highest BCUT2D eigenvalue weighted by molar-refractivity contribution is 6.02. The minimum absolute atomic E-state index is 0.00648. The van der Waals surface area contributed by atoms with Gasteiger partial charge in [0, 0.05) is 30.5 Å². The van der Waals surface area contributed by atoms with Gasteiger partial charge in [-0.15, -0.1) is 0 Å². The van der Waals surface area contributed by atoms with Crippen LogP contribution in [0.4, 0.5) is 0 Å². The smallest absolute Gasteiger partial charge is 0.179 e. The summed E-state index contributed by atoms with van der Waals surface area (Å²) in [5.74, 6) is -0.00648. The minimum Gasteiger partial charge on any atom is -0.382 e. The average Bonchev–Trinajstić information content (AvgIpc) is 2.89. The van der Waals surface area contributed by atoms with Gasteiger partial charge in [-0.05, 0) is 37.3 Å². The van der Waals surface area contributed by atoms with Gasteiger partial charge in [-0.1, -0.05) is 12.1 Å². The van der Waals surface area contributed by atoms with Gasteiger partial charge < -0.3 is 15.5 Å². The summed E-state index contributed by atoms with van der Waals surface area (Å²) < 4.78 is 5.24. The molecule has 0 aliphatic rings. The molecule has 0 saturated carbocycles. The Labute approximate surface area is 112 Å². The minimum atomic E-state index is -0.451. The standard InChI is InChI=1S/C15H20N2O2/c1-2-19-9-3-4-13(16)15(18)12-6-5-11-7-8-17-14(11)10-12/h5-8,10,13,17H,2-4,9,16H2,1H3. The lowest BCUT2D eigenvalue weighted by molar-refractivity contribution is 0.0945. The molecule has 4 nitrogen and oxygen atoms in total. The molecule has 0 fully saturated rings. The van der Waals surface area contributed by atoms with Crippen LogP contribution in [0.25, 0.3) is 10.9 Å². The van der Waals surface area contributed by atoms with Crippen molar-refractivity contribution in [3.05, 3.63) is 36.0 Å². The van der Waals surface area contributed by atoms with E-state index in [9.17, 15) is 4.79 Å². The molecule has 0 aliphatic carbocycles. The number of benzene rings is 1. The number of fused-ring (bicyclic) bond motifs is 1. The van der Waals surface area contributed by atoms with E-state index in [0.29, 0.717) is 25.2 Å². The molecule has 0 spiro atoms. The van der Waals surface area contributed by atoms with E-state index in [0.717, 1.165) is 17.3 Å². The number of carbonyl (C=O) groups is 1. The maximum Gasteiger partial charge on any atom is 0.179 e. The molecule has 2 aromatic rings. The molecule has 2 rings (SSSR count). The first kappa shape index (κ1) is 13.8. The number of aromatic amines is 1. The SMILES string of the molecule is CCOCCCC(N)C(=O)c1ccc2cc[nH]c2c1. The summed E-state index contributed by atoms with van der Waals surface area (Å²) in [6.07, 6.45) is 3.33. The van der Waals surface area contributed by atoms with Crippen LogP contribution in [0, 0.1) is 0 Å². The molecule has 1 atom stereocenters. The molecular weight excluding hydrogens is 240 g/mol. The Morgan fingerprint density at radius 2 is 2.26 bits per heavy atom. The van der Waals surface area contributed by atoms with Crippen molar-refractivity contribution in [2.75, 3.05) is 13.2 Å². The summed E-state index contributed by atoms with van der Waals surface area (Å²) in [5, 5.41) is 1.10. The summed E-state index contributed by atoms with van der Waals surface area (Å²) in [4.78, 5) is 15.3. The number of hydrogen-bond acceptors (Lipinski definition) is 3. The normalized spacial score (nSPS) is 12.7. The lowest BCUT2D eigenvalue weighted by atomic mass is 10.0. The Morgan fingerprint density at radius 3 is 3.05 bits per heavy atom. The monoisotopic (exact) mass is 260 g/mol. The number of Topliss-reactive ketones (excluding diaryl/α,β-unsaturated/α-hetero) is 1. The summed E-state index contributed by atoms with van der Waals surface area (Å²) in [7, 11) is 0. The van der Waals surface area contributed by atoms with Crippen LogP contribution in [-0.4, -0.2) is 30.0 Å². The largest absolute Gasteiger partial charge is 0.382 e. The predicted molar refractivity (Wildman–Crippen MR) is 76.3 cm³/mol. The first-order valence-corrected chi connectivity index (χ1v) is 6.67. The van der Waals surface area contributed by atoms with E-state index >= 15 is 0 Å². The number of H-pyrrole nitrogens is 1. The molecule has 3 N–H and O–H groups in total. The maximum atomic E-state index is 12.2. The van der Waals surface area contributed by atoms with Gasteiger partial charge in [-0.2, -0.15) is 0 Å². The van der Waals surface area contributed by atoms with Crippen molar-refractivity contribution in [3.8, 4) is 0 Å². The molecule has 1 heterocycles. The van der Waals surface area contributed by atoms with Crippen molar-refractivity contribution >= 4 is 16.7 Å². The first-order chi connectivity index (χ1) is 9.22. The van der Waals surface area contributed by atoms with Crippen LogP contribution in [0.2, 0.25) is 0 Å². The molecule has 0 amide bonds. The quantitative estimate of drug-likeness (QED) is 0.593. The maximum absolute atomic E-state index is 12.2. The van der Waals surface area contributed by atoms with Gasteiger partial charge in [-0.25, -0.2) is 0 Å². The van der Waals surface area contributed by atoms with Gasteiger partial charge in [0.25, 0.3) is 0 Å². The Balaban J connectivity index is 1.97. The van der Waals surface area contributed by atoms with Crippen molar-refractivity contribution < 1.29 is 9.53 Å². The Kier molecular flexibility index (Phi) is 4.71. The molecule has 102 valence electrons. The van der Waals surface area contributed by atoms with Crippen LogP contribution in [0.5, 0.6) is 0 Å². The highest BCUT2D eigenvalue weighted by Gasteiger charge is 2.15. The molecule has 0 aliphatic heterocycles. The number of hydrogen-bond donors (Lipinski definition) is 2. The highest BCUT2D eigenvalue weighted by atomic mass is 16.5. The molecule has 1 unspecified atom stereocenters. The number of rotatable bonds is 7. The fourth-order valence-corrected chi connectivity index (χ4v) is 2.10. The number of nitrogens with two attached hydrogens (primary N) is 1.